The molecule has 35 heavy (non-hydrogen) atoms. The first-order valence-electron chi connectivity index (χ1n) is 10.8. The van der Waals surface area contributed by atoms with E-state index in [0.717, 1.165) is 13.0 Å². The van der Waals surface area contributed by atoms with E-state index in [1.165, 1.54) is 30.2 Å². The molecule has 2 aliphatic rings. The number of hydrogen-bond acceptors (Lipinski definition) is 6. The first-order valence-corrected chi connectivity index (χ1v) is 10.8. The number of carbonyl (C=O) groups excluding carboxylic acids is 1. The Bertz CT molecular complexity index is 1090. The average molecular weight is 502 g/mol. The van der Waals surface area contributed by atoms with E-state index < -0.39 is 41.9 Å². The molecule has 3 atom stereocenters. The number of nitrogens with zero attached hydrogens (tertiary/aromatic N) is 2. The van der Waals surface area contributed by atoms with Gasteiger partial charge in [-0.15, -0.1) is 0 Å². The van der Waals surface area contributed by atoms with Crippen molar-refractivity contribution in [3.8, 4) is 11.6 Å². The Labute approximate surface area is 197 Å². The van der Waals surface area contributed by atoms with E-state index in [2.05, 4.69) is 4.98 Å². The third-order valence-electron chi connectivity index (χ3n) is 6.22. The Morgan fingerprint density at radius 3 is 2.74 bits per heavy atom. The molecule has 0 N–H and O–H groups in total. The van der Waals surface area contributed by atoms with Gasteiger partial charge in [-0.1, -0.05) is 12.1 Å². The monoisotopic (exact) mass is 502 g/mol. The van der Waals surface area contributed by atoms with Gasteiger partial charge in [-0.05, 0) is 36.8 Å². The van der Waals surface area contributed by atoms with E-state index >= 15 is 0 Å². The highest BCUT2D eigenvalue weighted by Crippen LogP contribution is 2.43. The van der Waals surface area contributed by atoms with Gasteiger partial charge in [-0.2, -0.15) is 8.78 Å². The van der Waals surface area contributed by atoms with E-state index in [1.54, 1.807) is 12.1 Å². The van der Waals surface area contributed by atoms with E-state index in [9.17, 15) is 26.7 Å². The molecule has 3 heterocycles. The lowest BCUT2D eigenvalue weighted by atomic mass is 9.82. The molecule has 2 unspecified atom stereocenters. The summed E-state index contributed by atoms with van der Waals surface area (Å²) in [5.41, 5.74) is -0.351. The lowest BCUT2D eigenvalue weighted by Crippen LogP contribution is -2.53. The number of hydrogen-bond donors (Lipinski definition) is 0. The van der Waals surface area contributed by atoms with Gasteiger partial charge in [0.15, 0.2) is 11.9 Å². The van der Waals surface area contributed by atoms with Gasteiger partial charge in [0.1, 0.15) is 30.0 Å². The van der Waals surface area contributed by atoms with Crippen molar-refractivity contribution >= 4 is 5.91 Å². The molecule has 1 aromatic heterocycles. The van der Waals surface area contributed by atoms with Gasteiger partial charge in [-0.3, -0.25) is 4.79 Å². The number of amides is 1. The molecule has 0 saturated carbocycles. The SMILES string of the molecule is COc1nc(C(=O)N2CC[C@]3(c4cccc(F)c4)OCOC3C2)ccc1OC(C)C(F)(F)C(F)F. The van der Waals surface area contributed by atoms with Crippen LogP contribution in [0.2, 0.25) is 0 Å². The van der Waals surface area contributed by atoms with Crippen molar-refractivity contribution in [1.82, 2.24) is 9.88 Å². The predicted octanol–water partition coefficient (Wildman–Crippen LogP) is 4.01. The number of rotatable bonds is 7. The Morgan fingerprint density at radius 2 is 2.06 bits per heavy atom. The number of methoxy groups -OCH3 is 1. The lowest BCUT2D eigenvalue weighted by molar-refractivity contribution is -0.178. The highest BCUT2D eigenvalue weighted by Gasteiger charge is 2.51. The molecular formula is C23H23F5N2O5. The van der Waals surface area contributed by atoms with Crippen LogP contribution in [0, 0.1) is 5.82 Å². The molecule has 2 aliphatic heterocycles. The predicted molar refractivity (Wildman–Crippen MR) is 111 cm³/mol. The lowest BCUT2D eigenvalue weighted by Gasteiger charge is -2.41. The summed E-state index contributed by atoms with van der Waals surface area (Å²) >= 11 is 0. The molecular weight excluding hydrogens is 479 g/mol. The minimum Gasteiger partial charge on any atom is -0.479 e. The second-order valence-corrected chi connectivity index (χ2v) is 8.26. The first kappa shape index (κ1) is 25.1. The van der Waals surface area contributed by atoms with Gasteiger partial charge >= 0.3 is 12.3 Å². The van der Waals surface area contributed by atoms with Crippen molar-refractivity contribution in [2.45, 2.75) is 43.5 Å². The molecule has 2 saturated heterocycles. The maximum absolute atomic E-state index is 13.8. The van der Waals surface area contributed by atoms with Crippen molar-refractivity contribution in [3.63, 3.8) is 0 Å². The molecule has 0 spiro atoms. The van der Waals surface area contributed by atoms with E-state index in [-0.39, 0.29) is 37.2 Å². The number of fused-ring (bicyclic) bond motifs is 1. The van der Waals surface area contributed by atoms with Crippen LogP contribution in [0.1, 0.15) is 29.4 Å². The van der Waals surface area contributed by atoms with Crippen LogP contribution in [0.3, 0.4) is 0 Å². The maximum atomic E-state index is 13.8. The number of benzene rings is 1. The summed E-state index contributed by atoms with van der Waals surface area (Å²) in [6.07, 6.45) is -6.30. The Balaban J connectivity index is 1.50. The zero-order valence-electron chi connectivity index (χ0n) is 18.9. The van der Waals surface area contributed by atoms with E-state index in [1.807, 2.05) is 0 Å². The maximum Gasteiger partial charge on any atom is 0.342 e. The second kappa shape index (κ2) is 9.57. The summed E-state index contributed by atoms with van der Waals surface area (Å²) in [5, 5.41) is 0. The summed E-state index contributed by atoms with van der Waals surface area (Å²) in [7, 11) is 1.18. The van der Waals surface area contributed by atoms with Gasteiger partial charge in [0.05, 0.1) is 13.7 Å². The topological polar surface area (TPSA) is 70.1 Å². The molecule has 190 valence electrons. The van der Waals surface area contributed by atoms with Gasteiger partial charge < -0.3 is 23.8 Å². The molecule has 1 aromatic carbocycles. The molecule has 1 amide bonds. The first-order chi connectivity index (χ1) is 16.6. The normalized spacial score (nSPS) is 23.2. The van der Waals surface area contributed by atoms with Crippen LogP contribution in [0.15, 0.2) is 36.4 Å². The molecule has 0 bridgehead atoms. The Hall–Kier alpha value is -2.99. The number of pyridine rings is 1. The molecule has 4 rings (SSSR count). The number of halogens is 5. The fourth-order valence-corrected chi connectivity index (χ4v) is 4.22. The minimum absolute atomic E-state index is 0.0112. The molecule has 7 nitrogen and oxygen atoms in total. The van der Waals surface area contributed by atoms with Gasteiger partial charge in [0.2, 0.25) is 0 Å². The quantitative estimate of drug-likeness (QED) is 0.533. The number of ether oxygens (including phenoxy) is 4. The number of carbonyl (C=O) groups is 1. The van der Waals surface area contributed by atoms with Crippen LogP contribution in [-0.4, -0.2) is 67.3 Å². The van der Waals surface area contributed by atoms with Crippen LogP contribution in [0.4, 0.5) is 22.0 Å². The number of aromatic nitrogens is 1. The molecule has 2 fully saturated rings. The summed E-state index contributed by atoms with van der Waals surface area (Å²) in [6, 6.07) is 8.41. The van der Waals surface area contributed by atoms with Crippen LogP contribution in [0.5, 0.6) is 11.6 Å². The number of alkyl halides is 4. The largest absolute Gasteiger partial charge is 0.479 e. The van der Waals surface area contributed by atoms with E-state index in [0.29, 0.717) is 12.0 Å². The fourth-order valence-electron chi connectivity index (χ4n) is 4.22. The summed E-state index contributed by atoms with van der Waals surface area (Å²) in [4.78, 5) is 18.6. The Morgan fingerprint density at radius 1 is 1.29 bits per heavy atom. The van der Waals surface area contributed by atoms with Gasteiger partial charge in [-0.25, -0.2) is 18.2 Å². The van der Waals surface area contributed by atoms with Crippen LogP contribution in [-0.2, 0) is 15.1 Å². The molecule has 2 aromatic rings. The minimum atomic E-state index is -4.40. The Kier molecular flexibility index (Phi) is 6.87. The average Bonchev–Trinajstić information content (AvgIpc) is 3.28. The van der Waals surface area contributed by atoms with Gasteiger partial charge in [0.25, 0.3) is 11.8 Å². The summed E-state index contributed by atoms with van der Waals surface area (Å²) in [5.74, 6) is -5.93. The molecule has 0 radical (unpaired) electrons. The van der Waals surface area contributed by atoms with Crippen molar-refractivity contribution in [1.29, 1.82) is 0 Å². The van der Waals surface area contributed by atoms with E-state index in [4.69, 9.17) is 18.9 Å². The highest BCUT2D eigenvalue weighted by atomic mass is 19.3. The second-order valence-electron chi connectivity index (χ2n) is 8.26. The standard InChI is InChI=1S/C23H23F5N2O5/c1-13(23(27,28)21(25)26)35-17-7-6-16(29-19(17)32-2)20(31)30-9-8-22(18(11-30)33-12-34-22)14-4-3-5-15(24)10-14/h3-7,10,13,18,21H,8-9,11-12H2,1-2H3/t13?,18?,22-/m1/s1. The smallest absolute Gasteiger partial charge is 0.342 e. The fraction of sp³-hybridized carbons (Fsp3) is 0.478. The summed E-state index contributed by atoms with van der Waals surface area (Å²) < 4.78 is 87.7. The van der Waals surface area contributed by atoms with Crippen LogP contribution < -0.4 is 9.47 Å². The molecule has 0 aliphatic carbocycles. The van der Waals surface area contributed by atoms with Gasteiger partial charge in [0, 0.05) is 13.0 Å². The highest BCUT2D eigenvalue weighted by molar-refractivity contribution is 5.92. The summed E-state index contributed by atoms with van der Waals surface area (Å²) in [6.45, 7) is 1.17. The van der Waals surface area contributed by atoms with Crippen LogP contribution >= 0.6 is 0 Å². The third-order valence-corrected chi connectivity index (χ3v) is 6.22. The zero-order valence-corrected chi connectivity index (χ0v) is 18.9. The number of piperidine rings is 1. The zero-order chi connectivity index (χ0) is 25.4. The van der Waals surface area contributed by atoms with Crippen molar-refractivity contribution in [3.05, 3.63) is 53.5 Å². The number of likely N-dealkylation sites (tertiary alicyclic amines) is 1. The van der Waals surface area contributed by atoms with Crippen molar-refractivity contribution in [2.75, 3.05) is 27.0 Å². The van der Waals surface area contributed by atoms with Crippen molar-refractivity contribution < 1.29 is 45.7 Å². The van der Waals surface area contributed by atoms with Crippen LogP contribution in [0.25, 0.3) is 0 Å². The third kappa shape index (κ3) is 4.64. The van der Waals surface area contributed by atoms with Crippen molar-refractivity contribution in [2.24, 2.45) is 0 Å². The molecule has 12 heteroatoms.